The summed E-state index contributed by atoms with van der Waals surface area (Å²) in [6.45, 7) is 2.64. The average molecular weight is 345 g/mol. The molecule has 0 fully saturated rings. The van der Waals surface area contributed by atoms with Crippen LogP contribution in [-0.4, -0.2) is 24.3 Å². The van der Waals surface area contributed by atoms with E-state index in [9.17, 15) is 0 Å². The highest BCUT2D eigenvalue weighted by molar-refractivity contribution is 5.34. The van der Waals surface area contributed by atoms with Gasteiger partial charge in [0.05, 0.1) is 12.9 Å². The van der Waals surface area contributed by atoms with Gasteiger partial charge in [-0.15, -0.1) is 0 Å². The normalized spacial score (nSPS) is 10.9. The molecule has 6 nitrogen and oxygen atoms in total. The first-order valence-corrected chi connectivity index (χ1v) is 8.66. The van der Waals surface area contributed by atoms with Gasteiger partial charge in [0.1, 0.15) is 25.7 Å². The van der Waals surface area contributed by atoms with Crippen molar-refractivity contribution >= 4 is 0 Å². The molecule has 0 atom stereocenters. The zero-order valence-corrected chi connectivity index (χ0v) is 14.4. The fourth-order valence-electron chi connectivity index (χ4n) is 3.01. The van der Waals surface area contributed by atoms with Crippen LogP contribution < -0.4 is 5.32 Å². The molecular formula is C20H21N6+. The SMILES string of the molecule is c1ccc(Cn2cncn2)c(C[NH2+]Cc2ccc(-n3ccnc3)cc2)c1. The lowest BCUT2D eigenvalue weighted by Gasteiger charge is -2.09. The quantitative estimate of drug-likeness (QED) is 0.555. The lowest BCUT2D eigenvalue weighted by atomic mass is 10.1. The minimum absolute atomic E-state index is 0.754. The predicted octanol–water partition coefficient (Wildman–Crippen LogP) is 1.78. The Morgan fingerprint density at radius 1 is 0.846 bits per heavy atom. The largest absolute Gasteiger partial charge is 0.339 e. The Morgan fingerprint density at radius 2 is 1.69 bits per heavy atom. The summed E-state index contributed by atoms with van der Waals surface area (Å²) in [5.74, 6) is 0. The van der Waals surface area contributed by atoms with Crippen molar-refractivity contribution in [3.05, 3.63) is 96.6 Å². The molecule has 6 heteroatoms. The van der Waals surface area contributed by atoms with E-state index >= 15 is 0 Å². The summed E-state index contributed by atoms with van der Waals surface area (Å²) in [5, 5.41) is 6.52. The molecule has 0 amide bonds. The van der Waals surface area contributed by atoms with E-state index in [2.05, 4.69) is 68.9 Å². The molecule has 2 aromatic heterocycles. The number of nitrogens with zero attached hydrogens (tertiary/aromatic N) is 5. The maximum Gasteiger partial charge on any atom is 0.137 e. The molecule has 0 aliphatic heterocycles. The van der Waals surface area contributed by atoms with Crippen molar-refractivity contribution in [3.63, 3.8) is 0 Å². The van der Waals surface area contributed by atoms with Gasteiger partial charge in [0.2, 0.25) is 0 Å². The summed E-state index contributed by atoms with van der Waals surface area (Å²) < 4.78 is 3.86. The van der Waals surface area contributed by atoms with Gasteiger partial charge in [-0.25, -0.2) is 14.6 Å². The molecule has 0 unspecified atom stereocenters. The Hall–Kier alpha value is -3.25. The van der Waals surface area contributed by atoms with Gasteiger partial charge in [-0.1, -0.05) is 36.4 Å². The smallest absolute Gasteiger partial charge is 0.137 e. The number of hydrogen-bond acceptors (Lipinski definition) is 3. The molecule has 0 radical (unpaired) electrons. The number of rotatable bonds is 7. The van der Waals surface area contributed by atoms with E-state index in [0.29, 0.717) is 0 Å². The van der Waals surface area contributed by atoms with Crippen LogP contribution in [0.15, 0.2) is 79.9 Å². The van der Waals surface area contributed by atoms with E-state index in [0.717, 1.165) is 25.3 Å². The van der Waals surface area contributed by atoms with Crippen LogP contribution in [-0.2, 0) is 19.6 Å². The first-order chi connectivity index (χ1) is 12.9. The molecule has 2 N–H and O–H groups in total. The summed E-state index contributed by atoms with van der Waals surface area (Å²) in [7, 11) is 0. The second-order valence-corrected chi connectivity index (χ2v) is 6.20. The van der Waals surface area contributed by atoms with E-state index < -0.39 is 0 Å². The monoisotopic (exact) mass is 345 g/mol. The van der Waals surface area contributed by atoms with Crippen LogP contribution in [0.5, 0.6) is 0 Å². The van der Waals surface area contributed by atoms with Crippen molar-refractivity contribution in [2.75, 3.05) is 0 Å². The first-order valence-electron chi connectivity index (χ1n) is 8.66. The summed E-state index contributed by atoms with van der Waals surface area (Å²) in [5.41, 5.74) is 5.05. The fourth-order valence-corrected chi connectivity index (χ4v) is 3.01. The Balaban J connectivity index is 1.36. The van der Waals surface area contributed by atoms with E-state index in [1.807, 2.05) is 21.8 Å². The molecule has 26 heavy (non-hydrogen) atoms. The third-order valence-electron chi connectivity index (χ3n) is 4.40. The zero-order valence-electron chi connectivity index (χ0n) is 14.4. The molecule has 130 valence electrons. The highest BCUT2D eigenvalue weighted by Crippen LogP contribution is 2.10. The number of benzene rings is 2. The lowest BCUT2D eigenvalue weighted by Crippen LogP contribution is -2.80. The third-order valence-corrected chi connectivity index (χ3v) is 4.40. The number of hydrogen-bond donors (Lipinski definition) is 1. The molecule has 2 aromatic carbocycles. The summed E-state index contributed by atoms with van der Waals surface area (Å²) in [6, 6.07) is 17.1. The minimum Gasteiger partial charge on any atom is -0.339 e. The van der Waals surface area contributed by atoms with E-state index in [1.54, 1.807) is 18.9 Å². The van der Waals surface area contributed by atoms with Gasteiger partial charge in [-0.3, -0.25) is 0 Å². The predicted molar refractivity (Wildman–Crippen MR) is 98.5 cm³/mol. The van der Waals surface area contributed by atoms with Crippen molar-refractivity contribution in [1.82, 2.24) is 24.3 Å². The van der Waals surface area contributed by atoms with Crippen LogP contribution in [0.2, 0.25) is 0 Å². The fraction of sp³-hybridized carbons (Fsp3) is 0.150. The third kappa shape index (κ3) is 3.87. The van der Waals surface area contributed by atoms with Crippen LogP contribution in [0.25, 0.3) is 5.69 Å². The Morgan fingerprint density at radius 3 is 2.42 bits per heavy atom. The highest BCUT2D eigenvalue weighted by atomic mass is 15.3. The van der Waals surface area contributed by atoms with Gasteiger partial charge >= 0.3 is 0 Å². The van der Waals surface area contributed by atoms with Crippen molar-refractivity contribution < 1.29 is 5.32 Å². The average Bonchev–Trinajstić information content (AvgIpc) is 3.38. The van der Waals surface area contributed by atoms with E-state index in [-0.39, 0.29) is 0 Å². The number of quaternary nitrogens is 1. The molecule has 0 saturated heterocycles. The van der Waals surface area contributed by atoms with E-state index in [1.165, 1.54) is 16.7 Å². The number of imidazole rings is 1. The Kier molecular flexibility index (Phi) is 4.84. The molecule has 0 spiro atoms. The summed E-state index contributed by atoms with van der Waals surface area (Å²) in [4.78, 5) is 8.10. The first kappa shape index (κ1) is 16.2. The molecular weight excluding hydrogens is 324 g/mol. The van der Waals surface area contributed by atoms with Gasteiger partial charge in [0, 0.05) is 29.2 Å². The molecule has 0 aliphatic carbocycles. The molecule has 0 aliphatic rings. The van der Waals surface area contributed by atoms with E-state index in [4.69, 9.17) is 0 Å². The summed E-state index contributed by atoms with van der Waals surface area (Å²) >= 11 is 0. The van der Waals surface area contributed by atoms with Gasteiger partial charge in [0.15, 0.2) is 0 Å². The van der Waals surface area contributed by atoms with Gasteiger partial charge in [-0.05, 0) is 17.7 Å². The molecule has 4 aromatic rings. The van der Waals surface area contributed by atoms with Crippen molar-refractivity contribution in [2.24, 2.45) is 0 Å². The maximum atomic E-state index is 4.20. The van der Waals surface area contributed by atoms with Crippen LogP contribution in [0, 0.1) is 0 Å². The number of nitrogens with two attached hydrogens (primary N) is 1. The molecule has 0 saturated carbocycles. The van der Waals surface area contributed by atoms with Crippen molar-refractivity contribution in [3.8, 4) is 5.69 Å². The molecule has 2 heterocycles. The topological polar surface area (TPSA) is 65.1 Å². The van der Waals surface area contributed by atoms with Crippen molar-refractivity contribution in [1.29, 1.82) is 0 Å². The standard InChI is InChI=1S/C20H20N6/c1-2-4-19(13-26-16-23-14-24-26)18(3-1)12-22-11-17-5-7-20(8-6-17)25-10-9-21-15-25/h1-10,14-16,22H,11-13H2/p+1. The Bertz CT molecular complexity index is 927. The van der Waals surface area contributed by atoms with Gasteiger partial charge < -0.3 is 9.88 Å². The van der Waals surface area contributed by atoms with Crippen LogP contribution in [0.4, 0.5) is 0 Å². The lowest BCUT2D eigenvalue weighted by molar-refractivity contribution is -0.686. The zero-order chi connectivity index (χ0) is 17.6. The number of aromatic nitrogens is 5. The minimum atomic E-state index is 0.754. The Labute approximate surface area is 152 Å². The van der Waals surface area contributed by atoms with Crippen molar-refractivity contribution in [2.45, 2.75) is 19.6 Å². The van der Waals surface area contributed by atoms with Gasteiger partial charge in [-0.2, -0.15) is 5.10 Å². The van der Waals surface area contributed by atoms with Crippen LogP contribution in [0.3, 0.4) is 0 Å². The second kappa shape index (κ2) is 7.76. The molecule has 4 rings (SSSR count). The highest BCUT2D eigenvalue weighted by Gasteiger charge is 2.05. The molecule has 0 bridgehead atoms. The second-order valence-electron chi connectivity index (χ2n) is 6.20. The summed E-state index contributed by atoms with van der Waals surface area (Å²) in [6.07, 6.45) is 8.88. The van der Waals surface area contributed by atoms with Crippen LogP contribution >= 0.6 is 0 Å². The van der Waals surface area contributed by atoms with Gasteiger partial charge in [0.25, 0.3) is 0 Å². The maximum absolute atomic E-state index is 4.20. The van der Waals surface area contributed by atoms with Crippen LogP contribution in [0.1, 0.15) is 16.7 Å².